The molecule has 0 aliphatic carbocycles. The topological polar surface area (TPSA) is 56.8 Å². The Bertz CT molecular complexity index is 700. The highest BCUT2D eigenvalue weighted by molar-refractivity contribution is 5.93. The fourth-order valence-electron chi connectivity index (χ4n) is 2.19. The quantitative estimate of drug-likeness (QED) is 0.705. The zero-order valence-corrected chi connectivity index (χ0v) is 15.0. The van der Waals surface area contributed by atoms with E-state index in [2.05, 4.69) is 5.32 Å². The van der Waals surface area contributed by atoms with E-state index in [4.69, 9.17) is 14.2 Å². The number of anilines is 1. The highest BCUT2D eigenvalue weighted by Gasteiger charge is 2.09. The predicted molar refractivity (Wildman–Crippen MR) is 98.5 cm³/mol. The van der Waals surface area contributed by atoms with Gasteiger partial charge >= 0.3 is 0 Å². The van der Waals surface area contributed by atoms with Crippen LogP contribution in [0.15, 0.2) is 42.5 Å². The Morgan fingerprint density at radius 1 is 1.00 bits per heavy atom. The average Bonchev–Trinajstić information content (AvgIpc) is 2.61. The third-order valence-electron chi connectivity index (χ3n) is 3.70. The van der Waals surface area contributed by atoms with Crippen LogP contribution in [0.25, 0.3) is 0 Å². The second-order valence-electron chi connectivity index (χ2n) is 5.62. The third-order valence-corrected chi connectivity index (χ3v) is 3.70. The number of carbonyl (C=O) groups is 1. The number of hydrogen-bond donors (Lipinski definition) is 1. The van der Waals surface area contributed by atoms with Crippen molar-refractivity contribution in [2.75, 3.05) is 31.7 Å². The molecule has 0 aromatic heterocycles. The summed E-state index contributed by atoms with van der Waals surface area (Å²) in [4.78, 5) is 12.1. The van der Waals surface area contributed by atoms with E-state index in [9.17, 15) is 4.79 Å². The van der Waals surface area contributed by atoms with Crippen molar-refractivity contribution < 1.29 is 19.0 Å². The highest BCUT2D eigenvalue weighted by Crippen LogP contribution is 2.23. The Kier molecular flexibility index (Phi) is 7.29. The first-order chi connectivity index (χ1) is 12.1. The molecular weight excluding hydrogens is 318 g/mol. The molecule has 0 saturated heterocycles. The second-order valence-corrected chi connectivity index (χ2v) is 5.62. The molecule has 0 spiro atoms. The molecular formula is C20H25NO4. The predicted octanol–water partition coefficient (Wildman–Crippen LogP) is 3.74. The van der Waals surface area contributed by atoms with Crippen molar-refractivity contribution in [3.8, 4) is 11.5 Å². The molecule has 0 atom stereocenters. The van der Waals surface area contributed by atoms with E-state index >= 15 is 0 Å². The lowest BCUT2D eigenvalue weighted by molar-refractivity contribution is -0.118. The van der Waals surface area contributed by atoms with Gasteiger partial charge in [0.1, 0.15) is 18.1 Å². The smallest absolute Gasteiger partial charge is 0.262 e. The summed E-state index contributed by atoms with van der Waals surface area (Å²) in [6.45, 7) is 7.51. The van der Waals surface area contributed by atoms with Crippen LogP contribution in [0.4, 0.5) is 5.69 Å². The molecule has 25 heavy (non-hydrogen) atoms. The zero-order chi connectivity index (χ0) is 18.1. The van der Waals surface area contributed by atoms with Gasteiger partial charge in [0.15, 0.2) is 6.61 Å². The van der Waals surface area contributed by atoms with Crippen LogP contribution in [0.1, 0.15) is 18.1 Å². The number of rotatable bonds is 9. The van der Waals surface area contributed by atoms with Gasteiger partial charge in [-0.15, -0.1) is 0 Å². The van der Waals surface area contributed by atoms with Gasteiger partial charge in [0.05, 0.1) is 12.3 Å². The fourth-order valence-corrected chi connectivity index (χ4v) is 2.19. The van der Waals surface area contributed by atoms with Gasteiger partial charge in [0.25, 0.3) is 5.91 Å². The molecule has 134 valence electrons. The van der Waals surface area contributed by atoms with Crippen LogP contribution in [0.3, 0.4) is 0 Å². The molecule has 0 fully saturated rings. The number of hydrogen-bond acceptors (Lipinski definition) is 4. The van der Waals surface area contributed by atoms with E-state index in [-0.39, 0.29) is 12.5 Å². The molecule has 0 bridgehead atoms. The maximum Gasteiger partial charge on any atom is 0.262 e. The minimum Gasteiger partial charge on any atom is -0.489 e. The van der Waals surface area contributed by atoms with Gasteiger partial charge in [-0.05, 0) is 56.2 Å². The molecule has 2 rings (SSSR count). The van der Waals surface area contributed by atoms with Crippen molar-refractivity contribution in [2.45, 2.75) is 20.8 Å². The molecule has 0 radical (unpaired) electrons. The molecule has 5 heteroatoms. The van der Waals surface area contributed by atoms with Crippen LogP contribution in [0, 0.1) is 13.8 Å². The minimum atomic E-state index is -0.237. The minimum absolute atomic E-state index is 0.0597. The van der Waals surface area contributed by atoms with Crippen molar-refractivity contribution in [3.05, 3.63) is 53.6 Å². The van der Waals surface area contributed by atoms with Gasteiger partial charge in [-0.2, -0.15) is 0 Å². The van der Waals surface area contributed by atoms with Gasteiger partial charge in [0, 0.05) is 6.61 Å². The molecule has 1 amide bonds. The first-order valence-corrected chi connectivity index (χ1v) is 8.39. The van der Waals surface area contributed by atoms with Gasteiger partial charge in [0.2, 0.25) is 0 Å². The molecule has 5 nitrogen and oxygen atoms in total. The molecule has 0 unspecified atom stereocenters. The zero-order valence-electron chi connectivity index (χ0n) is 15.0. The maximum absolute atomic E-state index is 12.1. The van der Waals surface area contributed by atoms with Crippen LogP contribution in [-0.2, 0) is 9.53 Å². The number of para-hydroxylation sites is 2. The molecule has 0 saturated carbocycles. The summed E-state index contributed by atoms with van der Waals surface area (Å²) < 4.78 is 16.5. The normalized spacial score (nSPS) is 10.4. The molecule has 1 N–H and O–H groups in total. The Labute approximate surface area is 148 Å². The Morgan fingerprint density at radius 3 is 2.56 bits per heavy atom. The van der Waals surface area contributed by atoms with Gasteiger partial charge < -0.3 is 19.5 Å². The Morgan fingerprint density at radius 2 is 1.80 bits per heavy atom. The first-order valence-electron chi connectivity index (χ1n) is 8.39. The van der Waals surface area contributed by atoms with Crippen LogP contribution >= 0.6 is 0 Å². The molecule has 2 aromatic rings. The summed E-state index contributed by atoms with van der Waals surface area (Å²) in [7, 11) is 0. The summed E-state index contributed by atoms with van der Waals surface area (Å²) >= 11 is 0. The summed E-state index contributed by atoms with van der Waals surface area (Å²) in [5, 5.41) is 2.82. The standard InChI is InChI=1S/C20H25NO4/c1-4-23-11-12-24-19-8-6-5-7-18(19)21-20(22)14-25-17-10-9-15(2)16(3)13-17/h5-10,13H,4,11-12,14H2,1-3H3,(H,21,22). The molecule has 0 heterocycles. The largest absolute Gasteiger partial charge is 0.489 e. The lowest BCUT2D eigenvalue weighted by Gasteiger charge is -2.13. The van der Waals surface area contributed by atoms with Crippen LogP contribution in [0.2, 0.25) is 0 Å². The SMILES string of the molecule is CCOCCOc1ccccc1NC(=O)COc1ccc(C)c(C)c1. The highest BCUT2D eigenvalue weighted by atomic mass is 16.5. The van der Waals surface area contributed by atoms with E-state index in [0.29, 0.717) is 37.0 Å². The number of ether oxygens (including phenoxy) is 3. The van der Waals surface area contributed by atoms with Crippen molar-refractivity contribution >= 4 is 11.6 Å². The molecule has 2 aromatic carbocycles. The number of carbonyl (C=O) groups excluding carboxylic acids is 1. The second kappa shape index (κ2) is 9.69. The number of aryl methyl sites for hydroxylation is 2. The molecule has 0 aliphatic rings. The summed E-state index contributed by atoms with van der Waals surface area (Å²) in [5.41, 5.74) is 2.94. The van der Waals surface area contributed by atoms with E-state index in [1.54, 1.807) is 6.07 Å². The fraction of sp³-hybridized carbons (Fsp3) is 0.350. The van der Waals surface area contributed by atoms with E-state index in [1.807, 2.05) is 57.2 Å². The number of benzene rings is 2. The maximum atomic E-state index is 12.1. The van der Waals surface area contributed by atoms with E-state index < -0.39 is 0 Å². The third kappa shape index (κ3) is 6.12. The van der Waals surface area contributed by atoms with Crippen LogP contribution < -0.4 is 14.8 Å². The number of nitrogens with one attached hydrogen (secondary N) is 1. The van der Waals surface area contributed by atoms with Gasteiger partial charge in [-0.1, -0.05) is 18.2 Å². The summed E-state index contributed by atoms with van der Waals surface area (Å²) in [6.07, 6.45) is 0. The molecule has 0 aliphatic heterocycles. The van der Waals surface area contributed by atoms with Gasteiger partial charge in [-0.3, -0.25) is 4.79 Å². The first kappa shape index (κ1) is 18.8. The lowest BCUT2D eigenvalue weighted by atomic mass is 10.1. The number of amides is 1. The lowest BCUT2D eigenvalue weighted by Crippen LogP contribution is -2.20. The Balaban J connectivity index is 1.88. The Hall–Kier alpha value is -2.53. The van der Waals surface area contributed by atoms with E-state index in [1.165, 1.54) is 5.56 Å². The van der Waals surface area contributed by atoms with Crippen LogP contribution in [-0.4, -0.2) is 32.3 Å². The monoisotopic (exact) mass is 343 g/mol. The summed E-state index contributed by atoms with van der Waals surface area (Å²) in [6, 6.07) is 13.1. The van der Waals surface area contributed by atoms with Crippen molar-refractivity contribution in [1.82, 2.24) is 0 Å². The van der Waals surface area contributed by atoms with Gasteiger partial charge in [-0.25, -0.2) is 0 Å². The van der Waals surface area contributed by atoms with E-state index in [0.717, 1.165) is 5.56 Å². The average molecular weight is 343 g/mol. The van der Waals surface area contributed by atoms with Crippen LogP contribution in [0.5, 0.6) is 11.5 Å². The summed E-state index contributed by atoms with van der Waals surface area (Å²) in [5.74, 6) is 1.06. The van der Waals surface area contributed by atoms with Crippen molar-refractivity contribution in [1.29, 1.82) is 0 Å². The van der Waals surface area contributed by atoms with Crippen molar-refractivity contribution in [2.24, 2.45) is 0 Å². The van der Waals surface area contributed by atoms with Crippen molar-refractivity contribution in [3.63, 3.8) is 0 Å².